The average molecular weight is 228 g/mol. The molecule has 0 atom stereocenters. The van der Waals surface area contributed by atoms with Crippen molar-refractivity contribution < 1.29 is 9.90 Å². The summed E-state index contributed by atoms with van der Waals surface area (Å²) >= 11 is 7.18. The van der Waals surface area contributed by atoms with E-state index >= 15 is 0 Å². The molecule has 0 saturated heterocycles. The fraction of sp³-hybridized carbons (Fsp3) is 0. The molecular formula is C9H6ClNO2S. The molecule has 0 spiro atoms. The van der Waals surface area contributed by atoms with E-state index in [4.69, 9.17) is 16.7 Å². The Bertz CT molecular complexity index is 475. The van der Waals surface area contributed by atoms with Crippen molar-refractivity contribution in [3.63, 3.8) is 0 Å². The number of hydrogen-bond donors (Lipinski definition) is 2. The number of carbonyl (C=O) groups is 1. The van der Waals surface area contributed by atoms with Crippen LogP contribution in [-0.4, -0.2) is 16.1 Å². The number of aromatic nitrogens is 1. The van der Waals surface area contributed by atoms with Gasteiger partial charge in [0.25, 0.3) is 0 Å². The number of rotatable bonds is 2. The van der Waals surface area contributed by atoms with Gasteiger partial charge in [-0.25, -0.2) is 4.79 Å². The van der Waals surface area contributed by atoms with E-state index in [1.807, 2.05) is 6.07 Å². The van der Waals surface area contributed by atoms with E-state index in [-0.39, 0.29) is 5.69 Å². The molecule has 14 heavy (non-hydrogen) atoms. The first kappa shape index (κ1) is 9.30. The van der Waals surface area contributed by atoms with Crippen molar-refractivity contribution in [1.29, 1.82) is 0 Å². The molecule has 2 aromatic rings. The Hall–Kier alpha value is -1.26. The highest BCUT2D eigenvalue weighted by molar-refractivity contribution is 7.19. The molecule has 0 aliphatic heterocycles. The van der Waals surface area contributed by atoms with Gasteiger partial charge in [0.2, 0.25) is 0 Å². The molecule has 2 aromatic heterocycles. The molecule has 72 valence electrons. The molecule has 0 saturated carbocycles. The normalized spacial score (nSPS) is 10.4. The number of aromatic carboxylic acids is 1. The van der Waals surface area contributed by atoms with Crippen LogP contribution in [0.5, 0.6) is 0 Å². The predicted octanol–water partition coefficient (Wildman–Crippen LogP) is 3.09. The molecule has 2 rings (SSSR count). The van der Waals surface area contributed by atoms with Gasteiger partial charge in [-0.3, -0.25) is 0 Å². The van der Waals surface area contributed by atoms with E-state index in [0.29, 0.717) is 4.34 Å². The molecule has 0 unspecified atom stereocenters. The van der Waals surface area contributed by atoms with Gasteiger partial charge < -0.3 is 10.1 Å². The predicted molar refractivity (Wildman–Crippen MR) is 56.1 cm³/mol. The first-order valence-corrected chi connectivity index (χ1v) is 5.04. The van der Waals surface area contributed by atoms with Crippen molar-refractivity contribution in [2.75, 3.05) is 0 Å². The molecule has 0 aliphatic carbocycles. The summed E-state index contributed by atoms with van der Waals surface area (Å²) in [5.41, 5.74) is 0.962. The molecule has 0 radical (unpaired) electrons. The maximum atomic E-state index is 10.6. The third-order valence-electron chi connectivity index (χ3n) is 1.76. The summed E-state index contributed by atoms with van der Waals surface area (Å²) in [4.78, 5) is 14.3. The van der Waals surface area contributed by atoms with Gasteiger partial charge in [0.1, 0.15) is 5.69 Å². The number of carboxylic acid groups (broad SMARTS) is 1. The highest BCUT2D eigenvalue weighted by Gasteiger charge is 2.08. The van der Waals surface area contributed by atoms with Gasteiger partial charge >= 0.3 is 5.97 Å². The van der Waals surface area contributed by atoms with Crippen LogP contribution in [0.1, 0.15) is 10.5 Å². The first-order valence-electron chi connectivity index (χ1n) is 3.85. The average Bonchev–Trinajstić information content (AvgIpc) is 2.70. The molecule has 0 aliphatic rings. The van der Waals surface area contributed by atoms with E-state index in [9.17, 15) is 4.79 Å². The zero-order valence-corrected chi connectivity index (χ0v) is 8.52. The maximum Gasteiger partial charge on any atom is 0.352 e. The largest absolute Gasteiger partial charge is 0.477 e. The van der Waals surface area contributed by atoms with Crippen molar-refractivity contribution in [3.05, 3.63) is 34.3 Å². The zero-order chi connectivity index (χ0) is 10.1. The van der Waals surface area contributed by atoms with Crippen LogP contribution in [0.15, 0.2) is 24.3 Å². The number of hydrogen-bond acceptors (Lipinski definition) is 2. The van der Waals surface area contributed by atoms with Gasteiger partial charge in [0.05, 0.1) is 14.9 Å². The summed E-state index contributed by atoms with van der Waals surface area (Å²) < 4.78 is 0.687. The van der Waals surface area contributed by atoms with Crippen LogP contribution in [-0.2, 0) is 0 Å². The Morgan fingerprint density at radius 3 is 2.64 bits per heavy atom. The summed E-state index contributed by atoms with van der Waals surface area (Å²) in [5.74, 6) is -0.959. The smallest absolute Gasteiger partial charge is 0.352 e. The van der Waals surface area contributed by atoms with Crippen LogP contribution in [0.3, 0.4) is 0 Å². The molecule has 0 aromatic carbocycles. The zero-order valence-electron chi connectivity index (χ0n) is 6.95. The SMILES string of the molecule is O=C(O)c1ccc(-c2ccc(Cl)s2)[nH]1. The lowest BCUT2D eigenvalue weighted by molar-refractivity contribution is 0.0691. The lowest BCUT2D eigenvalue weighted by Crippen LogP contribution is -1.95. The summed E-state index contributed by atoms with van der Waals surface area (Å²) in [6.45, 7) is 0. The van der Waals surface area contributed by atoms with E-state index in [0.717, 1.165) is 10.6 Å². The van der Waals surface area contributed by atoms with Crippen molar-refractivity contribution >= 4 is 28.9 Å². The van der Waals surface area contributed by atoms with Gasteiger partial charge in [-0.15, -0.1) is 11.3 Å². The Balaban J connectivity index is 2.38. The Morgan fingerprint density at radius 2 is 2.14 bits per heavy atom. The van der Waals surface area contributed by atoms with Crippen molar-refractivity contribution in [1.82, 2.24) is 4.98 Å². The number of carboxylic acids is 1. The fourth-order valence-electron chi connectivity index (χ4n) is 1.12. The number of nitrogens with one attached hydrogen (secondary N) is 1. The minimum Gasteiger partial charge on any atom is -0.477 e. The molecule has 2 heterocycles. The minimum atomic E-state index is -0.959. The Kier molecular flexibility index (Phi) is 2.31. The number of halogens is 1. The summed E-state index contributed by atoms with van der Waals surface area (Å²) in [6, 6.07) is 6.89. The van der Waals surface area contributed by atoms with Crippen LogP contribution in [0.4, 0.5) is 0 Å². The maximum absolute atomic E-state index is 10.6. The second-order valence-electron chi connectivity index (χ2n) is 2.69. The highest BCUT2D eigenvalue weighted by atomic mass is 35.5. The quantitative estimate of drug-likeness (QED) is 0.828. The standard InChI is InChI=1S/C9H6ClNO2S/c10-8-4-3-7(14-8)5-1-2-6(11-5)9(12)13/h1-4,11H,(H,12,13). The monoisotopic (exact) mass is 227 g/mol. The topological polar surface area (TPSA) is 53.1 Å². The third-order valence-corrected chi connectivity index (χ3v) is 3.02. The molecule has 5 heteroatoms. The number of thiophene rings is 1. The summed E-state index contributed by atoms with van der Waals surface area (Å²) in [7, 11) is 0. The van der Waals surface area contributed by atoms with Crippen molar-refractivity contribution in [2.45, 2.75) is 0 Å². The van der Waals surface area contributed by atoms with E-state index in [1.165, 1.54) is 17.4 Å². The van der Waals surface area contributed by atoms with Gasteiger partial charge in [0.15, 0.2) is 0 Å². The Morgan fingerprint density at radius 1 is 1.36 bits per heavy atom. The molecule has 0 amide bonds. The highest BCUT2D eigenvalue weighted by Crippen LogP contribution is 2.30. The summed E-state index contributed by atoms with van der Waals surface area (Å²) in [5, 5.41) is 8.70. The van der Waals surface area contributed by atoms with Gasteiger partial charge in [0, 0.05) is 0 Å². The first-order chi connectivity index (χ1) is 6.66. The van der Waals surface area contributed by atoms with E-state index in [1.54, 1.807) is 12.1 Å². The second-order valence-corrected chi connectivity index (χ2v) is 4.41. The molecule has 0 bridgehead atoms. The van der Waals surface area contributed by atoms with E-state index in [2.05, 4.69) is 4.98 Å². The summed E-state index contributed by atoms with van der Waals surface area (Å²) in [6.07, 6.45) is 0. The lowest BCUT2D eigenvalue weighted by Gasteiger charge is -1.90. The van der Waals surface area contributed by atoms with Crippen molar-refractivity contribution in [2.24, 2.45) is 0 Å². The fourth-order valence-corrected chi connectivity index (χ4v) is 2.15. The lowest BCUT2D eigenvalue weighted by atomic mass is 10.3. The second kappa shape index (κ2) is 3.48. The van der Waals surface area contributed by atoms with Crippen molar-refractivity contribution in [3.8, 4) is 10.6 Å². The van der Waals surface area contributed by atoms with Crippen LogP contribution >= 0.6 is 22.9 Å². The van der Waals surface area contributed by atoms with Gasteiger partial charge in [-0.05, 0) is 24.3 Å². The molecule has 3 nitrogen and oxygen atoms in total. The molecule has 2 N–H and O–H groups in total. The van der Waals surface area contributed by atoms with Crippen LogP contribution in [0.2, 0.25) is 4.34 Å². The minimum absolute atomic E-state index is 0.185. The van der Waals surface area contributed by atoms with Crippen LogP contribution < -0.4 is 0 Å². The van der Waals surface area contributed by atoms with E-state index < -0.39 is 5.97 Å². The van der Waals surface area contributed by atoms with Gasteiger partial charge in [-0.2, -0.15) is 0 Å². The molecule has 0 fully saturated rings. The number of aromatic amines is 1. The molecular weight excluding hydrogens is 222 g/mol. The Labute approximate surface area is 89.0 Å². The van der Waals surface area contributed by atoms with Gasteiger partial charge in [-0.1, -0.05) is 11.6 Å². The number of H-pyrrole nitrogens is 1. The van der Waals surface area contributed by atoms with Crippen LogP contribution in [0, 0.1) is 0 Å². The van der Waals surface area contributed by atoms with Crippen LogP contribution in [0.25, 0.3) is 10.6 Å². The third kappa shape index (κ3) is 1.66.